The molecular formula is C24H18ClN3. The van der Waals surface area contributed by atoms with Crippen LogP contribution in [0, 0.1) is 11.3 Å². The Morgan fingerprint density at radius 1 is 0.893 bits per heavy atom. The van der Waals surface area contributed by atoms with Gasteiger partial charge in [-0.2, -0.15) is 5.26 Å². The van der Waals surface area contributed by atoms with E-state index in [-0.39, 0.29) is 0 Å². The fraction of sp³-hybridized carbons (Fsp3) is 0.0833. The SMILES string of the molecule is N#Cc1ccc(Cc2cnc(Cc3ccc(-c4ccccc4)cc3Cl)[nH]2)cc1. The number of hydrogen-bond donors (Lipinski definition) is 1. The van der Waals surface area contributed by atoms with Crippen molar-refractivity contribution in [2.45, 2.75) is 12.8 Å². The molecule has 0 bridgehead atoms. The number of aromatic amines is 1. The third-order valence-corrected chi connectivity index (χ3v) is 5.03. The molecule has 136 valence electrons. The first-order valence-electron chi connectivity index (χ1n) is 9.07. The van der Waals surface area contributed by atoms with Crippen molar-refractivity contribution in [3.05, 3.63) is 112 Å². The zero-order valence-electron chi connectivity index (χ0n) is 15.2. The Morgan fingerprint density at radius 3 is 2.39 bits per heavy atom. The molecule has 0 radical (unpaired) electrons. The Hall–Kier alpha value is -3.35. The minimum absolute atomic E-state index is 0.654. The monoisotopic (exact) mass is 383 g/mol. The number of aromatic nitrogens is 2. The molecule has 3 aromatic carbocycles. The molecule has 0 atom stereocenters. The van der Waals surface area contributed by atoms with Crippen LogP contribution in [0.25, 0.3) is 11.1 Å². The van der Waals surface area contributed by atoms with E-state index >= 15 is 0 Å². The topological polar surface area (TPSA) is 52.5 Å². The molecule has 28 heavy (non-hydrogen) atoms. The molecule has 0 fully saturated rings. The summed E-state index contributed by atoms with van der Waals surface area (Å²) in [6.07, 6.45) is 3.26. The van der Waals surface area contributed by atoms with Crippen molar-refractivity contribution in [2.24, 2.45) is 0 Å². The first-order chi connectivity index (χ1) is 13.7. The van der Waals surface area contributed by atoms with Gasteiger partial charge < -0.3 is 4.98 Å². The maximum Gasteiger partial charge on any atom is 0.110 e. The molecule has 1 N–H and O–H groups in total. The number of benzene rings is 3. The van der Waals surface area contributed by atoms with Gasteiger partial charge in [0.05, 0.1) is 11.6 Å². The predicted octanol–water partition coefficient (Wildman–Crippen LogP) is 5.78. The van der Waals surface area contributed by atoms with Gasteiger partial charge in [-0.15, -0.1) is 0 Å². The molecule has 4 rings (SSSR count). The van der Waals surface area contributed by atoms with Crippen LogP contribution in [0.15, 0.2) is 79.0 Å². The Kier molecular flexibility index (Phi) is 5.23. The van der Waals surface area contributed by atoms with E-state index in [9.17, 15) is 0 Å². The summed E-state index contributed by atoms with van der Waals surface area (Å²) in [5.41, 5.74) is 6.15. The van der Waals surface area contributed by atoms with Crippen LogP contribution < -0.4 is 0 Å². The first kappa shape index (κ1) is 18.0. The van der Waals surface area contributed by atoms with Crippen molar-refractivity contribution < 1.29 is 0 Å². The second-order valence-corrected chi connectivity index (χ2v) is 7.10. The second-order valence-electron chi connectivity index (χ2n) is 6.69. The van der Waals surface area contributed by atoms with Crippen molar-refractivity contribution in [1.82, 2.24) is 9.97 Å². The molecule has 0 saturated heterocycles. The van der Waals surface area contributed by atoms with Gasteiger partial charge in [-0.3, -0.25) is 0 Å². The molecule has 0 aliphatic carbocycles. The number of imidazole rings is 1. The van der Waals surface area contributed by atoms with Crippen molar-refractivity contribution in [3.8, 4) is 17.2 Å². The van der Waals surface area contributed by atoms with E-state index in [1.54, 1.807) is 0 Å². The van der Waals surface area contributed by atoms with E-state index in [4.69, 9.17) is 16.9 Å². The molecule has 4 heteroatoms. The van der Waals surface area contributed by atoms with Crippen molar-refractivity contribution in [3.63, 3.8) is 0 Å². The fourth-order valence-corrected chi connectivity index (χ4v) is 3.43. The lowest BCUT2D eigenvalue weighted by molar-refractivity contribution is 1.00. The average molecular weight is 384 g/mol. The number of rotatable bonds is 5. The summed E-state index contributed by atoms with van der Waals surface area (Å²) in [6, 6.07) is 26.1. The molecule has 0 amide bonds. The number of H-pyrrole nitrogens is 1. The van der Waals surface area contributed by atoms with Crippen LogP contribution in [0.4, 0.5) is 0 Å². The minimum atomic E-state index is 0.654. The summed E-state index contributed by atoms with van der Waals surface area (Å²) in [4.78, 5) is 7.87. The first-order valence-corrected chi connectivity index (χ1v) is 9.45. The van der Waals surface area contributed by atoms with E-state index < -0.39 is 0 Å². The molecule has 0 aliphatic rings. The molecule has 0 aliphatic heterocycles. The molecule has 3 nitrogen and oxygen atoms in total. The van der Waals surface area contributed by atoms with Gasteiger partial charge >= 0.3 is 0 Å². The summed E-state index contributed by atoms with van der Waals surface area (Å²) in [5.74, 6) is 0.887. The molecule has 0 spiro atoms. The number of nitrogens with zero attached hydrogens (tertiary/aromatic N) is 2. The third kappa shape index (κ3) is 4.14. The molecule has 0 saturated carbocycles. The van der Waals surface area contributed by atoms with E-state index in [0.29, 0.717) is 12.0 Å². The van der Waals surface area contributed by atoms with Crippen LogP contribution >= 0.6 is 11.6 Å². The Balaban J connectivity index is 1.47. The van der Waals surface area contributed by atoms with E-state index in [2.05, 4.69) is 40.3 Å². The maximum atomic E-state index is 8.89. The van der Waals surface area contributed by atoms with Crippen molar-refractivity contribution in [2.75, 3.05) is 0 Å². The van der Waals surface area contributed by atoms with Gasteiger partial charge in [-0.05, 0) is 40.5 Å². The van der Waals surface area contributed by atoms with Crippen molar-refractivity contribution in [1.29, 1.82) is 5.26 Å². The molecule has 1 heterocycles. The highest BCUT2D eigenvalue weighted by atomic mass is 35.5. The van der Waals surface area contributed by atoms with Gasteiger partial charge in [0.25, 0.3) is 0 Å². The van der Waals surface area contributed by atoms with Crippen LogP contribution in [0.5, 0.6) is 0 Å². The van der Waals surface area contributed by atoms with Crippen LogP contribution in [0.3, 0.4) is 0 Å². The van der Waals surface area contributed by atoms with E-state index in [1.807, 2.05) is 54.7 Å². The summed E-state index contributed by atoms with van der Waals surface area (Å²) < 4.78 is 0. The Morgan fingerprint density at radius 2 is 1.68 bits per heavy atom. The standard InChI is InChI=1S/C24H18ClN3/c25-23-13-20(19-4-2-1-3-5-19)10-11-21(23)14-24-27-16-22(28-24)12-17-6-8-18(15-26)9-7-17/h1-11,13,16H,12,14H2,(H,27,28). The van der Waals surface area contributed by atoms with Crippen LogP contribution in [-0.4, -0.2) is 9.97 Å². The smallest absolute Gasteiger partial charge is 0.110 e. The normalized spacial score (nSPS) is 10.6. The molecular weight excluding hydrogens is 366 g/mol. The zero-order valence-corrected chi connectivity index (χ0v) is 15.9. The van der Waals surface area contributed by atoms with Gasteiger partial charge in [0.2, 0.25) is 0 Å². The number of nitrogens with one attached hydrogen (secondary N) is 1. The molecule has 0 unspecified atom stereocenters. The van der Waals surface area contributed by atoms with Gasteiger partial charge in [0.15, 0.2) is 0 Å². The van der Waals surface area contributed by atoms with Crippen molar-refractivity contribution >= 4 is 11.6 Å². The minimum Gasteiger partial charge on any atom is -0.345 e. The fourth-order valence-electron chi connectivity index (χ4n) is 3.18. The second kappa shape index (κ2) is 8.12. The largest absolute Gasteiger partial charge is 0.345 e. The quantitative estimate of drug-likeness (QED) is 0.474. The summed E-state index contributed by atoms with van der Waals surface area (Å²) in [6.45, 7) is 0. The predicted molar refractivity (Wildman–Crippen MR) is 112 cm³/mol. The maximum absolute atomic E-state index is 8.89. The van der Waals surface area contributed by atoms with Crippen LogP contribution in [0.2, 0.25) is 5.02 Å². The van der Waals surface area contributed by atoms with Gasteiger partial charge in [0, 0.05) is 29.8 Å². The summed E-state index contributed by atoms with van der Waals surface area (Å²) in [5, 5.41) is 9.63. The Bertz CT molecular complexity index is 1120. The highest BCUT2D eigenvalue weighted by molar-refractivity contribution is 6.31. The van der Waals surface area contributed by atoms with E-state index in [0.717, 1.165) is 45.2 Å². The summed E-state index contributed by atoms with van der Waals surface area (Å²) >= 11 is 6.53. The van der Waals surface area contributed by atoms with Crippen LogP contribution in [-0.2, 0) is 12.8 Å². The molecule has 4 aromatic rings. The van der Waals surface area contributed by atoms with Gasteiger partial charge in [0.1, 0.15) is 5.82 Å². The number of halogens is 1. The third-order valence-electron chi connectivity index (χ3n) is 4.68. The lowest BCUT2D eigenvalue weighted by atomic mass is 10.0. The van der Waals surface area contributed by atoms with Crippen LogP contribution in [0.1, 0.15) is 28.2 Å². The average Bonchev–Trinajstić information content (AvgIpc) is 3.17. The summed E-state index contributed by atoms with van der Waals surface area (Å²) in [7, 11) is 0. The van der Waals surface area contributed by atoms with Gasteiger partial charge in [-0.25, -0.2) is 4.98 Å². The Labute approximate surface area is 169 Å². The highest BCUT2D eigenvalue weighted by Crippen LogP contribution is 2.26. The van der Waals surface area contributed by atoms with E-state index in [1.165, 1.54) is 0 Å². The molecule has 1 aromatic heterocycles. The highest BCUT2D eigenvalue weighted by Gasteiger charge is 2.08. The lowest BCUT2D eigenvalue weighted by Gasteiger charge is -2.07. The zero-order chi connectivity index (χ0) is 19.3. The lowest BCUT2D eigenvalue weighted by Crippen LogP contribution is -1.94. The number of nitriles is 1. The van der Waals surface area contributed by atoms with Gasteiger partial charge in [-0.1, -0.05) is 66.2 Å². The number of hydrogen-bond acceptors (Lipinski definition) is 2.